The summed E-state index contributed by atoms with van der Waals surface area (Å²) in [6.07, 6.45) is 14.5. The van der Waals surface area contributed by atoms with Gasteiger partial charge in [0.1, 0.15) is 11.6 Å². The van der Waals surface area contributed by atoms with E-state index in [1.165, 1.54) is 9.13 Å². The molecule has 0 saturated heterocycles. The molecule has 1 N–H and O–H groups in total. The highest BCUT2D eigenvalue weighted by Gasteiger charge is 2.20. The van der Waals surface area contributed by atoms with E-state index >= 15 is 0 Å². The van der Waals surface area contributed by atoms with E-state index in [0.29, 0.717) is 71.7 Å². The summed E-state index contributed by atoms with van der Waals surface area (Å²) in [5.41, 5.74) is 10.1. The minimum Gasteiger partial charge on any atom is -0.490 e. The van der Waals surface area contributed by atoms with Crippen molar-refractivity contribution >= 4 is 0 Å². The lowest BCUT2D eigenvalue weighted by Crippen LogP contribution is -2.29. The minimum absolute atomic E-state index is 0.145. The lowest BCUT2D eigenvalue weighted by molar-refractivity contribution is 0.314. The SMILES string of the molecule is CCCCc1nc(C)n(-c2ncc(OCCC)cn2)c(=O)c1Cc1ccc(-c2ccccc2-c2nnn[nH]2)cc1.CCCCc1nc(C)n(-c2ncc(OCCC)cn2)c(=O)c1Cc1ccc(-c2ccccc2C#N)cc1. The second-order valence-corrected chi connectivity index (χ2v) is 18.5. The number of rotatable bonds is 21. The van der Waals surface area contributed by atoms with Gasteiger partial charge in [0.15, 0.2) is 17.3 Å². The number of aromatic nitrogens is 12. The van der Waals surface area contributed by atoms with E-state index in [2.05, 4.69) is 72.6 Å². The molecule has 0 radical (unpaired) electrons. The van der Waals surface area contributed by atoms with E-state index in [9.17, 15) is 14.9 Å². The summed E-state index contributed by atoms with van der Waals surface area (Å²) in [5.74, 6) is 3.45. The molecular weight excluding hydrogens is 967 g/mol. The van der Waals surface area contributed by atoms with Gasteiger partial charge in [-0.05, 0) is 102 Å². The lowest BCUT2D eigenvalue weighted by Gasteiger charge is -2.15. The molecule has 0 unspecified atom stereocenters. The second-order valence-electron chi connectivity index (χ2n) is 18.5. The Morgan fingerprint density at radius 3 is 1.43 bits per heavy atom. The highest BCUT2D eigenvalue weighted by atomic mass is 16.5. The summed E-state index contributed by atoms with van der Waals surface area (Å²) in [6.45, 7) is 13.1. The summed E-state index contributed by atoms with van der Waals surface area (Å²) in [7, 11) is 0. The van der Waals surface area contributed by atoms with Gasteiger partial charge in [-0.3, -0.25) is 9.59 Å². The van der Waals surface area contributed by atoms with E-state index in [1.54, 1.807) is 24.8 Å². The number of hydrogen-bond donors (Lipinski definition) is 1. The quantitative estimate of drug-likeness (QED) is 0.0708. The van der Waals surface area contributed by atoms with E-state index in [1.807, 2.05) is 113 Å². The van der Waals surface area contributed by atoms with Gasteiger partial charge in [0.25, 0.3) is 11.1 Å². The van der Waals surface area contributed by atoms with Crippen LogP contribution in [0.25, 0.3) is 45.5 Å². The number of nitrogens with zero attached hydrogens (tertiary/aromatic N) is 12. The maximum absolute atomic E-state index is 13.9. The van der Waals surface area contributed by atoms with Crippen molar-refractivity contribution in [1.29, 1.82) is 5.26 Å². The normalized spacial score (nSPS) is 10.9. The van der Waals surface area contributed by atoms with Crippen LogP contribution < -0.4 is 20.6 Å². The van der Waals surface area contributed by atoms with Crippen molar-refractivity contribution in [3.63, 3.8) is 0 Å². The van der Waals surface area contributed by atoms with Crippen molar-refractivity contribution in [3.8, 4) is 63.1 Å². The molecule has 0 saturated carbocycles. The van der Waals surface area contributed by atoms with Gasteiger partial charge in [0.05, 0.1) is 61.0 Å². The Labute approximate surface area is 448 Å². The molecule has 0 aliphatic heterocycles. The molecule has 0 atom stereocenters. The van der Waals surface area contributed by atoms with Gasteiger partial charge >= 0.3 is 0 Å². The van der Waals surface area contributed by atoms with Crippen LogP contribution in [0.4, 0.5) is 0 Å². The number of hydrogen-bond acceptors (Lipinski definition) is 14. The molecule has 77 heavy (non-hydrogen) atoms. The third-order valence-electron chi connectivity index (χ3n) is 12.8. The second kappa shape index (κ2) is 26.4. The maximum Gasteiger partial charge on any atom is 0.264 e. The van der Waals surface area contributed by atoms with Gasteiger partial charge in [-0.15, -0.1) is 5.10 Å². The number of unbranched alkanes of at least 4 members (excludes halogenated alkanes) is 2. The number of ether oxygens (including phenoxy) is 2. The Morgan fingerprint density at radius 1 is 0.558 bits per heavy atom. The van der Waals surface area contributed by atoms with Crippen molar-refractivity contribution in [2.75, 3.05) is 13.2 Å². The van der Waals surface area contributed by atoms with E-state index in [4.69, 9.17) is 19.4 Å². The number of nitrogens with one attached hydrogen (secondary N) is 1. The Kier molecular flexibility index (Phi) is 18.6. The summed E-state index contributed by atoms with van der Waals surface area (Å²) in [4.78, 5) is 54.9. The van der Waals surface area contributed by atoms with Gasteiger partial charge in [-0.2, -0.15) is 5.26 Å². The zero-order valence-electron chi connectivity index (χ0n) is 44.5. The number of benzene rings is 4. The average molecular weight is 1030 g/mol. The molecule has 392 valence electrons. The first-order valence-electron chi connectivity index (χ1n) is 26.3. The standard InChI is InChI=1S/C30H32N8O2.C30H31N5O2/c1-4-6-11-27-26(29(39)38(20(3)33-27)30-31-18-23(19-32-30)40-16-5-2)17-21-12-14-22(15-13-21)24-9-7-8-10-25(24)28-34-36-37-35-28;1-4-6-11-28-27(17-22-12-14-23(15-13-22)26-10-8-7-9-24(26)18-31)29(36)35(21(3)34-28)30-32-19-25(20-33-30)37-16-5-2/h7-10,12-15,18-19H,4-6,11,16-17H2,1-3H3,(H,34,35,36,37);7-10,12-15,19-20H,4-6,11,16-17H2,1-3H3. The van der Waals surface area contributed by atoms with Gasteiger partial charge in [0.2, 0.25) is 11.9 Å². The summed E-state index contributed by atoms with van der Waals surface area (Å²) in [5, 5.41) is 23.8. The lowest BCUT2D eigenvalue weighted by atomic mass is 9.96. The Balaban J connectivity index is 0.000000204. The highest BCUT2D eigenvalue weighted by molar-refractivity contribution is 5.80. The summed E-state index contributed by atoms with van der Waals surface area (Å²) in [6, 6.07) is 34.0. The Bertz CT molecular complexity index is 3540. The predicted octanol–water partition coefficient (Wildman–Crippen LogP) is 10.5. The maximum atomic E-state index is 13.9. The number of nitriles is 1. The largest absolute Gasteiger partial charge is 0.490 e. The van der Waals surface area contributed by atoms with Crippen molar-refractivity contribution in [2.45, 2.75) is 106 Å². The third kappa shape index (κ3) is 13.3. The molecule has 0 fully saturated rings. The third-order valence-corrected chi connectivity index (χ3v) is 12.8. The minimum atomic E-state index is -0.153. The number of aromatic amines is 1. The molecule has 9 rings (SSSR count). The van der Waals surface area contributed by atoms with Crippen molar-refractivity contribution in [1.82, 2.24) is 59.7 Å². The van der Waals surface area contributed by atoms with Crippen molar-refractivity contribution in [3.05, 3.63) is 193 Å². The molecule has 17 heteroatoms. The van der Waals surface area contributed by atoms with E-state index in [-0.39, 0.29) is 23.0 Å². The molecule has 9 aromatic rings. The van der Waals surface area contributed by atoms with Gasteiger partial charge in [-0.1, -0.05) is 132 Å². The van der Waals surface area contributed by atoms with Crippen LogP contribution in [-0.2, 0) is 25.7 Å². The number of aryl methyl sites for hydroxylation is 4. The molecule has 5 aromatic heterocycles. The first-order chi connectivity index (χ1) is 37.6. The molecular formula is C60H63N13O4. The van der Waals surface area contributed by atoms with Gasteiger partial charge in [0, 0.05) is 29.5 Å². The molecule has 4 aromatic carbocycles. The number of tetrazole rings is 1. The monoisotopic (exact) mass is 1030 g/mol. The first kappa shape index (κ1) is 54.2. The number of H-pyrrole nitrogens is 1. The summed E-state index contributed by atoms with van der Waals surface area (Å²) >= 11 is 0. The van der Waals surface area contributed by atoms with Crippen LogP contribution in [0, 0.1) is 25.2 Å². The molecule has 0 aliphatic carbocycles. The highest BCUT2D eigenvalue weighted by Crippen LogP contribution is 2.30. The molecule has 0 spiro atoms. The van der Waals surface area contributed by atoms with E-state index in [0.717, 1.165) is 102 Å². The van der Waals surface area contributed by atoms with Gasteiger partial charge < -0.3 is 9.47 Å². The van der Waals surface area contributed by atoms with E-state index < -0.39 is 0 Å². The zero-order chi connectivity index (χ0) is 54.1. The topological polar surface area (TPSA) is 218 Å². The Hall–Kier alpha value is -9.04. The zero-order valence-corrected chi connectivity index (χ0v) is 44.5. The van der Waals surface area contributed by atoms with Crippen LogP contribution >= 0.6 is 0 Å². The van der Waals surface area contributed by atoms with Crippen LogP contribution in [0.3, 0.4) is 0 Å². The fourth-order valence-corrected chi connectivity index (χ4v) is 8.86. The van der Waals surface area contributed by atoms with Gasteiger partial charge in [-0.25, -0.2) is 44.1 Å². The van der Waals surface area contributed by atoms with Crippen LogP contribution in [0.5, 0.6) is 11.5 Å². The molecule has 0 bridgehead atoms. The molecule has 5 heterocycles. The van der Waals surface area contributed by atoms with Crippen LogP contribution in [0.2, 0.25) is 0 Å². The molecule has 0 aliphatic rings. The Morgan fingerprint density at radius 2 is 1.00 bits per heavy atom. The smallest absolute Gasteiger partial charge is 0.264 e. The molecule has 0 amide bonds. The fourth-order valence-electron chi connectivity index (χ4n) is 8.86. The fraction of sp³-hybridized carbons (Fsp3) is 0.300. The van der Waals surface area contributed by atoms with Crippen LogP contribution in [0.15, 0.2) is 131 Å². The average Bonchev–Trinajstić information content (AvgIpc) is 4.02. The molecule has 17 nitrogen and oxygen atoms in total. The predicted molar refractivity (Wildman–Crippen MR) is 296 cm³/mol. The first-order valence-corrected chi connectivity index (χ1v) is 26.3. The van der Waals surface area contributed by atoms with Crippen molar-refractivity contribution < 1.29 is 9.47 Å². The van der Waals surface area contributed by atoms with Crippen LogP contribution in [-0.4, -0.2) is 72.9 Å². The summed E-state index contributed by atoms with van der Waals surface area (Å²) < 4.78 is 14.2. The van der Waals surface area contributed by atoms with Crippen LogP contribution in [0.1, 0.15) is 117 Å². The van der Waals surface area contributed by atoms with Crippen molar-refractivity contribution in [2.24, 2.45) is 0 Å².